The molecule has 3 rings (SSSR count). The SMILES string of the molecule is N#CC1(NC(=O)CN[C@@H](c2ccccc2)c2cccs2)CCCC1. The van der Waals surface area contributed by atoms with Crippen LogP contribution in [-0.2, 0) is 4.79 Å². The Bertz CT molecular complexity index is 700. The molecule has 1 saturated carbocycles. The van der Waals surface area contributed by atoms with E-state index in [9.17, 15) is 10.1 Å². The van der Waals surface area contributed by atoms with Gasteiger partial charge in [0.1, 0.15) is 5.54 Å². The van der Waals surface area contributed by atoms with E-state index in [-0.39, 0.29) is 18.5 Å². The number of rotatable bonds is 6. The predicted molar refractivity (Wildman–Crippen MR) is 95.6 cm³/mol. The number of hydrogen-bond acceptors (Lipinski definition) is 4. The Hall–Kier alpha value is -2.16. The summed E-state index contributed by atoms with van der Waals surface area (Å²) in [7, 11) is 0. The lowest BCUT2D eigenvalue weighted by molar-refractivity contribution is -0.121. The fraction of sp³-hybridized carbons (Fsp3) is 0.368. The number of nitriles is 1. The van der Waals surface area contributed by atoms with Gasteiger partial charge in [0, 0.05) is 4.88 Å². The molecule has 5 heteroatoms. The third-order valence-electron chi connectivity index (χ3n) is 4.48. The number of amides is 1. The van der Waals surface area contributed by atoms with Crippen LogP contribution in [0.5, 0.6) is 0 Å². The number of carbonyl (C=O) groups is 1. The van der Waals surface area contributed by atoms with Crippen molar-refractivity contribution in [1.82, 2.24) is 10.6 Å². The standard InChI is InChI=1S/C19H21N3OS/c20-14-19(10-4-5-11-19)22-17(23)13-21-18(16-9-6-12-24-16)15-7-2-1-3-8-15/h1-3,6-9,12,18,21H,4-5,10-11,13H2,(H,22,23)/t18-/m0/s1. The lowest BCUT2D eigenvalue weighted by atomic mass is 10.00. The average Bonchev–Trinajstić information content (AvgIpc) is 3.29. The van der Waals surface area contributed by atoms with Gasteiger partial charge in [0.15, 0.2) is 0 Å². The van der Waals surface area contributed by atoms with Gasteiger partial charge in [0.25, 0.3) is 0 Å². The van der Waals surface area contributed by atoms with Crippen LogP contribution in [0.2, 0.25) is 0 Å². The van der Waals surface area contributed by atoms with E-state index in [1.807, 2.05) is 29.6 Å². The molecule has 0 unspecified atom stereocenters. The summed E-state index contributed by atoms with van der Waals surface area (Å²) in [6.07, 6.45) is 3.51. The predicted octanol–water partition coefficient (Wildman–Crippen LogP) is 3.38. The number of thiophene rings is 1. The van der Waals surface area contributed by atoms with Crippen LogP contribution in [0.1, 0.15) is 42.2 Å². The summed E-state index contributed by atoms with van der Waals surface area (Å²) in [5.41, 5.74) is 0.466. The molecule has 1 fully saturated rings. The molecular formula is C19H21N3OS. The highest BCUT2D eigenvalue weighted by molar-refractivity contribution is 7.10. The van der Waals surface area contributed by atoms with Gasteiger partial charge in [0.2, 0.25) is 5.91 Å². The average molecular weight is 339 g/mol. The van der Waals surface area contributed by atoms with E-state index in [0.717, 1.165) is 31.2 Å². The van der Waals surface area contributed by atoms with Gasteiger partial charge in [-0.1, -0.05) is 36.4 Å². The molecule has 1 amide bonds. The quantitative estimate of drug-likeness (QED) is 0.848. The van der Waals surface area contributed by atoms with Crippen LogP contribution in [0.15, 0.2) is 47.8 Å². The molecule has 2 aromatic rings. The van der Waals surface area contributed by atoms with Crippen molar-refractivity contribution in [3.63, 3.8) is 0 Å². The number of nitrogens with one attached hydrogen (secondary N) is 2. The molecule has 0 spiro atoms. The van der Waals surface area contributed by atoms with Crippen molar-refractivity contribution in [2.75, 3.05) is 6.54 Å². The van der Waals surface area contributed by atoms with Gasteiger partial charge < -0.3 is 5.32 Å². The second-order valence-electron chi connectivity index (χ2n) is 6.19. The van der Waals surface area contributed by atoms with Gasteiger partial charge in [-0.25, -0.2) is 0 Å². The monoisotopic (exact) mass is 339 g/mol. The summed E-state index contributed by atoms with van der Waals surface area (Å²) in [5.74, 6) is -0.115. The van der Waals surface area contributed by atoms with E-state index in [1.165, 1.54) is 4.88 Å². The Morgan fingerprint density at radius 2 is 1.96 bits per heavy atom. The molecule has 124 valence electrons. The number of benzene rings is 1. The fourth-order valence-corrected chi connectivity index (χ4v) is 4.06. The summed E-state index contributed by atoms with van der Waals surface area (Å²) in [4.78, 5) is 13.5. The van der Waals surface area contributed by atoms with Crippen molar-refractivity contribution >= 4 is 17.2 Å². The van der Waals surface area contributed by atoms with Crippen LogP contribution in [0, 0.1) is 11.3 Å². The van der Waals surface area contributed by atoms with E-state index >= 15 is 0 Å². The van der Waals surface area contributed by atoms with Gasteiger partial charge in [-0.2, -0.15) is 5.26 Å². The van der Waals surface area contributed by atoms with E-state index in [2.05, 4.69) is 34.9 Å². The zero-order chi connectivity index (χ0) is 16.8. The minimum Gasteiger partial charge on any atom is -0.337 e. The van der Waals surface area contributed by atoms with E-state index in [1.54, 1.807) is 11.3 Å². The molecule has 4 nitrogen and oxygen atoms in total. The summed E-state index contributed by atoms with van der Waals surface area (Å²) in [6, 6.07) is 16.5. The van der Waals surface area contributed by atoms with Gasteiger partial charge in [-0.15, -0.1) is 11.3 Å². The molecule has 0 bridgehead atoms. The van der Waals surface area contributed by atoms with Gasteiger partial charge in [0.05, 0.1) is 18.7 Å². The molecule has 24 heavy (non-hydrogen) atoms. The Kier molecular flexibility index (Phi) is 5.29. The fourth-order valence-electron chi connectivity index (χ4n) is 3.23. The molecule has 2 N–H and O–H groups in total. The Morgan fingerprint density at radius 3 is 2.58 bits per heavy atom. The van der Waals surface area contributed by atoms with Crippen LogP contribution < -0.4 is 10.6 Å². The molecule has 0 saturated heterocycles. The zero-order valence-corrected chi connectivity index (χ0v) is 14.3. The van der Waals surface area contributed by atoms with Crippen LogP contribution in [0.4, 0.5) is 0 Å². The number of nitrogens with zero attached hydrogens (tertiary/aromatic N) is 1. The molecule has 0 radical (unpaired) electrons. The van der Waals surface area contributed by atoms with Crippen molar-refractivity contribution < 1.29 is 4.79 Å². The first-order valence-corrected chi connectivity index (χ1v) is 9.14. The van der Waals surface area contributed by atoms with Crippen molar-refractivity contribution in [3.8, 4) is 6.07 Å². The molecule has 1 aromatic heterocycles. The van der Waals surface area contributed by atoms with E-state index < -0.39 is 5.54 Å². The molecule has 1 heterocycles. The number of hydrogen-bond donors (Lipinski definition) is 2. The Balaban J connectivity index is 1.66. The minimum absolute atomic E-state index is 0.0152. The second-order valence-corrected chi connectivity index (χ2v) is 7.17. The highest BCUT2D eigenvalue weighted by atomic mass is 32.1. The van der Waals surface area contributed by atoms with Crippen LogP contribution in [-0.4, -0.2) is 18.0 Å². The van der Waals surface area contributed by atoms with Crippen molar-refractivity contribution in [2.45, 2.75) is 37.3 Å². The van der Waals surface area contributed by atoms with E-state index in [4.69, 9.17) is 0 Å². The highest BCUT2D eigenvalue weighted by Gasteiger charge is 2.35. The van der Waals surface area contributed by atoms with Crippen LogP contribution in [0.3, 0.4) is 0 Å². The van der Waals surface area contributed by atoms with Crippen molar-refractivity contribution in [1.29, 1.82) is 5.26 Å². The molecule has 1 aliphatic rings. The lowest BCUT2D eigenvalue weighted by Crippen LogP contribution is -2.48. The first kappa shape index (κ1) is 16.7. The maximum absolute atomic E-state index is 12.3. The Morgan fingerprint density at radius 1 is 1.21 bits per heavy atom. The molecule has 1 atom stereocenters. The minimum atomic E-state index is -0.663. The van der Waals surface area contributed by atoms with Gasteiger partial charge in [-0.3, -0.25) is 10.1 Å². The maximum atomic E-state index is 12.3. The smallest absolute Gasteiger partial charge is 0.235 e. The summed E-state index contributed by atoms with van der Waals surface area (Å²) in [6.45, 7) is 0.195. The Labute approximate surface area is 146 Å². The second kappa shape index (κ2) is 7.61. The summed E-state index contributed by atoms with van der Waals surface area (Å²) < 4.78 is 0. The number of carbonyl (C=O) groups excluding carboxylic acids is 1. The molecule has 0 aliphatic heterocycles. The van der Waals surface area contributed by atoms with Crippen LogP contribution >= 0.6 is 11.3 Å². The largest absolute Gasteiger partial charge is 0.337 e. The van der Waals surface area contributed by atoms with E-state index in [0.29, 0.717) is 0 Å². The third kappa shape index (κ3) is 3.84. The van der Waals surface area contributed by atoms with Crippen LogP contribution in [0.25, 0.3) is 0 Å². The lowest BCUT2D eigenvalue weighted by Gasteiger charge is -2.23. The first-order chi connectivity index (χ1) is 11.7. The van der Waals surface area contributed by atoms with Gasteiger partial charge >= 0.3 is 0 Å². The molecule has 1 aliphatic carbocycles. The third-order valence-corrected chi connectivity index (χ3v) is 5.41. The zero-order valence-electron chi connectivity index (χ0n) is 13.5. The van der Waals surface area contributed by atoms with Gasteiger partial charge in [-0.05, 0) is 42.7 Å². The summed E-state index contributed by atoms with van der Waals surface area (Å²) >= 11 is 1.67. The normalized spacial score (nSPS) is 17.1. The van der Waals surface area contributed by atoms with Crippen molar-refractivity contribution in [3.05, 3.63) is 58.3 Å². The van der Waals surface area contributed by atoms with Crippen molar-refractivity contribution in [2.24, 2.45) is 0 Å². The molecular weight excluding hydrogens is 318 g/mol. The summed E-state index contributed by atoms with van der Waals surface area (Å²) in [5, 5.41) is 17.7. The topological polar surface area (TPSA) is 64.9 Å². The maximum Gasteiger partial charge on any atom is 0.235 e. The molecule has 1 aromatic carbocycles. The highest BCUT2D eigenvalue weighted by Crippen LogP contribution is 2.29. The first-order valence-electron chi connectivity index (χ1n) is 8.26.